The maximum absolute atomic E-state index is 5.92. The second-order valence-electron chi connectivity index (χ2n) is 3.82. The molecule has 0 aliphatic carbocycles. The highest BCUT2D eigenvalue weighted by Crippen LogP contribution is 2.24. The first kappa shape index (κ1) is 12.9. The summed E-state index contributed by atoms with van der Waals surface area (Å²) in [6, 6.07) is 7.23. The molecule has 0 fully saturated rings. The first-order valence-electron chi connectivity index (χ1n) is 5.58. The number of hydrogen-bond acceptors (Lipinski definition) is 7. The summed E-state index contributed by atoms with van der Waals surface area (Å²) < 4.78 is 6.90. The van der Waals surface area contributed by atoms with Crippen molar-refractivity contribution in [3.8, 4) is 11.5 Å². The van der Waals surface area contributed by atoms with Crippen molar-refractivity contribution in [3.05, 3.63) is 41.5 Å². The topological polar surface area (TPSA) is 95.7 Å². The van der Waals surface area contributed by atoms with E-state index in [1.54, 1.807) is 12.1 Å². The van der Waals surface area contributed by atoms with Crippen molar-refractivity contribution in [1.82, 2.24) is 25.1 Å². The van der Waals surface area contributed by atoms with Crippen LogP contribution in [0.4, 0.5) is 0 Å². The van der Waals surface area contributed by atoms with Crippen molar-refractivity contribution in [2.24, 2.45) is 0 Å². The Morgan fingerprint density at radius 2 is 2.20 bits per heavy atom. The van der Waals surface area contributed by atoms with E-state index >= 15 is 0 Å². The standard InChI is InChI=1S/C11H9ClN6OS/c12-8-3-1-2-7(4-8)10-16-15-9(19-10)5-20-11-17-14-6-18(11)13/h1-4,6H,5,13H2. The molecule has 3 aromatic rings. The number of nitrogens with zero attached hydrogens (tertiary/aromatic N) is 5. The van der Waals surface area contributed by atoms with Gasteiger partial charge in [0.05, 0.1) is 5.75 Å². The van der Waals surface area contributed by atoms with E-state index in [4.69, 9.17) is 21.9 Å². The molecule has 0 aliphatic rings. The van der Waals surface area contributed by atoms with Crippen LogP contribution in [0.25, 0.3) is 11.5 Å². The van der Waals surface area contributed by atoms with Gasteiger partial charge in [0.25, 0.3) is 0 Å². The molecule has 0 unspecified atom stereocenters. The zero-order valence-electron chi connectivity index (χ0n) is 10.1. The fraction of sp³-hybridized carbons (Fsp3) is 0.0909. The number of aromatic nitrogens is 5. The highest BCUT2D eigenvalue weighted by atomic mass is 35.5. The van der Waals surface area contributed by atoms with Crippen molar-refractivity contribution in [2.75, 3.05) is 5.84 Å². The molecule has 3 rings (SSSR count). The van der Waals surface area contributed by atoms with Crippen LogP contribution in [-0.2, 0) is 5.75 Å². The highest BCUT2D eigenvalue weighted by Gasteiger charge is 2.11. The van der Waals surface area contributed by atoms with Gasteiger partial charge in [0, 0.05) is 10.6 Å². The second-order valence-corrected chi connectivity index (χ2v) is 5.20. The number of halogens is 1. The van der Waals surface area contributed by atoms with Crippen LogP contribution in [0, 0.1) is 0 Å². The van der Waals surface area contributed by atoms with Gasteiger partial charge in [0.15, 0.2) is 0 Å². The molecule has 7 nitrogen and oxygen atoms in total. The van der Waals surface area contributed by atoms with E-state index in [1.807, 2.05) is 12.1 Å². The molecule has 1 aromatic carbocycles. The van der Waals surface area contributed by atoms with Crippen LogP contribution < -0.4 is 5.84 Å². The third-order valence-electron chi connectivity index (χ3n) is 2.40. The lowest BCUT2D eigenvalue weighted by molar-refractivity contribution is 0.528. The summed E-state index contributed by atoms with van der Waals surface area (Å²) in [4.78, 5) is 0. The third kappa shape index (κ3) is 2.75. The van der Waals surface area contributed by atoms with Crippen molar-refractivity contribution < 1.29 is 4.42 Å². The van der Waals surface area contributed by atoms with Crippen molar-refractivity contribution >= 4 is 23.4 Å². The predicted molar refractivity (Wildman–Crippen MR) is 74.5 cm³/mol. The average Bonchev–Trinajstić information content (AvgIpc) is 3.05. The van der Waals surface area contributed by atoms with E-state index < -0.39 is 0 Å². The molecule has 0 bridgehead atoms. The zero-order valence-corrected chi connectivity index (χ0v) is 11.7. The molecule has 2 heterocycles. The molecule has 2 aromatic heterocycles. The summed E-state index contributed by atoms with van der Waals surface area (Å²) in [5, 5.41) is 16.7. The van der Waals surface area contributed by atoms with Gasteiger partial charge in [-0.1, -0.05) is 29.4 Å². The Labute approximate surface area is 123 Å². The van der Waals surface area contributed by atoms with Crippen LogP contribution in [0.1, 0.15) is 5.89 Å². The Balaban J connectivity index is 1.72. The zero-order chi connectivity index (χ0) is 13.9. The van der Waals surface area contributed by atoms with Crippen molar-refractivity contribution in [1.29, 1.82) is 0 Å². The highest BCUT2D eigenvalue weighted by molar-refractivity contribution is 7.98. The van der Waals surface area contributed by atoms with E-state index in [-0.39, 0.29) is 0 Å². The second kappa shape index (κ2) is 5.51. The number of hydrogen-bond donors (Lipinski definition) is 1. The number of thioether (sulfide) groups is 1. The molecular weight excluding hydrogens is 300 g/mol. The van der Waals surface area contributed by atoms with Crippen molar-refractivity contribution in [3.63, 3.8) is 0 Å². The first-order valence-corrected chi connectivity index (χ1v) is 6.95. The molecule has 2 N–H and O–H groups in total. The predicted octanol–water partition coefficient (Wildman–Crippen LogP) is 1.99. The molecule has 0 saturated heterocycles. The lowest BCUT2D eigenvalue weighted by atomic mass is 10.2. The molecular formula is C11H9ClN6OS. The van der Waals surface area contributed by atoms with Gasteiger partial charge in [0.2, 0.25) is 16.9 Å². The summed E-state index contributed by atoms with van der Waals surface area (Å²) in [6.07, 6.45) is 1.42. The van der Waals surface area contributed by atoms with Gasteiger partial charge in [-0.2, -0.15) is 0 Å². The van der Waals surface area contributed by atoms with E-state index in [9.17, 15) is 0 Å². The van der Waals surface area contributed by atoms with Crippen LogP contribution in [0.3, 0.4) is 0 Å². The third-order valence-corrected chi connectivity index (χ3v) is 3.58. The quantitative estimate of drug-likeness (QED) is 0.581. The average molecular weight is 309 g/mol. The lowest BCUT2D eigenvalue weighted by Gasteiger charge is -1.96. The molecule has 0 aliphatic heterocycles. The van der Waals surface area contributed by atoms with Crippen molar-refractivity contribution in [2.45, 2.75) is 10.9 Å². The smallest absolute Gasteiger partial charge is 0.247 e. The lowest BCUT2D eigenvalue weighted by Crippen LogP contribution is -2.07. The minimum absolute atomic E-state index is 0.428. The molecule has 9 heteroatoms. The van der Waals surface area contributed by atoms with Gasteiger partial charge in [-0.05, 0) is 18.2 Å². The van der Waals surface area contributed by atoms with Gasteiger partial charge in [-0.15, -0.1) is 20.4 Å². The van der Waals surface area contributed by atoms with Gasteiger partial charge in [-0.25, -0.2) is 4.68 Å². The summed E-state index contributed by atoms with van der Waals surface area (Å²) >= 11 is 7.28. The fourth-order valence-electron chi connectivity index (χ4n) is 1.51. The van der Waals surface area contributed by atoms with E-state index in [1.165, 1.54) is 22.8 Å². The Bertz CT molecular complexity index is 727. The summed E-state index contributed by atoms with van der Waals surface area (Å²) in [5.41, 5.74) is 0.781. The fourth-order valence-corrected chi connectivity index (χ4v) is 2.37. The van der Waals surface area contributed by atoms with Crippen LogP contribution >= 0.6 is 23.4 Å². The molecule has 0 amide bonds. The molecule has 0 saturated carbocycles. The molecule has 20 heavy (non-hydrogen) atoms. The first-order chi connectivity index (χ1) is 9.72. The Kier molecular flexibility index (Phi) is 3.57. The molecule has 0 atom stereocenters. The van der Waals surface area contributed by atoms with Crippen LogP contribution in [0.2, 0.25) is 5.02 Å². The van der Waals surface area contributed by atoms with E-state index in [0.29, 0.717) is 27.7 Å². The minimum atomic E-state index is 0.428. The molecule has 0 spiro atoms. The summed E-state index contributed by atoms with van der Waals surface area (Å²) in [6.45, 7) is 0. The molecule has 0 radical (unpaired) electrons. The van der Waals surface area contributed by atoms with Crippen LogP contribution in [-0.4, -0.2) is 25.1 Å². The van der Waals surface area contributed by atoms with Crippen LogP contribution in [0.15, 0.2) is 40.2 Å². The maximum atomic E-state index is 5.92. The molecule has 102 valence electrons. The van der Waals surface area contributed by atoms with Crippen LogP contribution in [0.5, 0.6) is 0 Å². The minimum Gasteiger partial charge on any atom is -0.420 e. The monoisotopic (exact) mass is 308 g/mol. The Morgan fingerprint density at radius 3 is 2.95 bits per heavy atom. The normalized spacial score (nSPS) is 10.8. The Morgan fingerprint density at radius 1 is 1.30 bits per heavy atom. The Hall–Kier alpha value is -2.06. The van der Waals surface area contributed by atoms with Gasteiger partial charge in [0.1, 0.15) is 6.33 Å². The number of nitrogens with two attached hydrogens (primary N) is 1. The summed E-state index contributed by atoms with van der Waals surface area (Å²) in [7, 11) is 0. The van der Waals surface area contributed by atoms with Gasteiger partial charge >= 0.3 is 0 Å². The maximum Gasteiger partial charge on any atom is 0.247 e. The van der Waals surface area contributed by atoms with Gasteiger partial charge in [-0.3, -0.25) is 0 Å². The number of rotatable bonds is 4. The van der Waals surface area contributed by atoms with E-state index in [2.05, 4.69) is 20.4 Å². The van der Waals surface area contributed by atoms with E-state index in [0.717, 1.165) is 5.56 Å². The SMILES string of the molecule is Nn1cnnc1SCc1nnc(-c2cccc(Cl)c2)o1. The van der Waals surface area contributed by atoms with Gasteiger partial charge < -0.3 is 10.3 Å². The summed E-state index contributed by atoms with van der Waals surface area (Å²) in [5.74, 6) is 6.98. The number of benzene rings is 1. The largest absolute Gasteiger partial charge is 0.420 e. The number of nitrogen functional groups attached to an aromatic ring is 1.